The molecule has 1 heterocycles. The van der Waals surface area contributed by atoms with Gasteiger partial charge in [0.25, 0.3) is 0 Å². The van der Waals surface area contributed by atoms with Gasteiger partial charge < -0.3 is 0 Å². The van der Waals surface area contributed by atoms with E-state index in [4.69, 9.17) is 0 Å². The molecule has 2 nitrogen and oxygen atoms in total. The van der Waals surface area contributed by atoms with Crippen LogP contribution in [0, 0.1) is 5.92 Å². The number of halogens is 3. The average molecular weight is 245 g/mol. The topological polar surface area (TPSA) is 30.0 Å². The van der Waals surface area contributed by atoms with Crippen molar-refractivity contribution in [2.24, 2.45) is 5.92 Å². The van der Waals surface area contributed by atoms with Crippen molar-refractivity contribution in [3.05, 3.63) is 29.6 Å². The van der Waals surface area contributed by atoms with Gasteiger partial charge in [-0.2, -0.15) is 13.2 Å². The van der Waals surface area contributed by atoms with E-state index in [2.05, 4.69) is 4.98 Å². The summed E-state index contributed by atoms with van der Waals surface area (Å²) < 4.78 is 37.9. The summed E-state index contributed by atoms with van der Waals surface area (Å²) in [6, 6.07) is 0.836. The molecule has 0 fully saturated rings. The van der Waals surface area contributed by atoms with Gasteiger partial charge in [-0.3, -0.25) is 9.78 Å². The van der Waals surface area contributed by atoms with Gasteiger partial charge in [-0.25, -0.2) is 0 Å². The fourth-order valence-electron chi connectivity index (χ4n) is 1.42. The maximum absolute atomic E-state index is 12.6. The second-order valence-electron chi connectivity index (χ2n) is 4.27. The summed E-state index contributed by atoms with van der Waals surface area (Å²) in [7, 11) is 0. The quantitative estimate of drug-likeness (QED) is 0.757. The Hall–Kier alpha value is -1.39. The van der Waals surface area contributed by atoms with Gasteiger partial charge >= 0.3 is 6.18 Å². The predicted octanol–water partition coefficient (Wildman–Crippen LogP) is 3.72. The number of nitrogens with zero attached hydrogens (tertiary/aromatic N) is 1. The molecule has 0 atom stereocenters. The monoisotopic (exact) mass is 245 g/mol. The fraction of sp³-hybridized carbons (Fsp3) is 0.500. The molecule has 0 radical (unpaired) electrons. The second kappa shape index (κ2) is 5.29. The molecule has 0 amide bonds. The van der Waals surface area contributed by atoms with Gasteiger partial charge in [0.15, 0.2) is 5.78 Å². The van der Waals surface area contributed by atoms with Gasteiger partial charge in [0.1, 0.15) is 0 Å². The lowest BCUT2D eigenvalue weighted by molar-refractivity contribution is -0.138. The number of Topliss-reactive ketones (excluding diaryl/α,β-unsaturated/α-hetero) is 1. The molecule has 0 saturated heterocycles. The van der Waals surface area contributed by atoms with Crippen molar-refractivity contribution in [1.29, 1.82) is 0 Å². The van der Waals surface area contributed by atoms with Crippen LogP contribution in [0.1, 0.15) is 42.6 Å². The van der Waals surface area contributed by atoms with E-state index in [1.54, 1.807) is 0 Å². The second-order valence-corrected chi connectivity index (χ2v) is 4.27. The maximum atomic E-state index is 12.6. The molecule has 1 aromatic rings. The number of rotatable bonds is 4. The minimum Gasteiger partial charge on any atom is -0.294 e. The number of hydrogen-bond donors (Lipinski definition) is 0. The first-order valence-electron chi connectivity index (χ1n) is 5.36. The van der Waals surface area contributed by atoms with Crippen molar-refractivity contribution in [2.45, 2.75) is 32.9 Å². The van der Waals surface area contributed by atoms with Crippen molar-refractivity contribution in [2.75, 3.05) is 0 Å². The molecule has 17 heavy (non-hydrogen) atoms. The molecule has 0 N–H and O–H groups in total. The SMILES string of the molecule is CC(C)CCC(=O)c1cnccc1C(F)(F)F. The lowest BCUT2D eigenvalue weighted by atomic mass is 9.99. The maximum Gasteiger partial charge on any atom is 0.417 e. The normalized spacial score (nSPS) is 11.9. The Bertz CT molecular complexity index is 399. The summed E-state index contributed by atoms with van der Waals surface area (Å²) in [5, 5.41) is 0. The zero-order valence-electron chi connectivity index (χ0n) is 9.71. The van der Waals surface area contributed by atoms with Crippen molar-refractivity contribution in [1.82, 2.24) is 4.98 Å². The van der Waals surface area contributed by atoms with Crippen LogP contribution < -0.4 is 0 Å². The van der Waals surface area contributed by atoms with Gasteiger partial charge in [-0.1, -0.05) is 13.8 Å². The standard InChI is InChI=1S/C12H14F3NO/c1-8(2)3-4-11(17)9-7-16-6-5-10(9)12(13,14)15/h5-8H,3-4H2,1-2H3. The molecular weight excluding hydrogens is 231 g/mol. The summed E-state index contributed by atoms with van der Waals surface area (Å²) >= 11 is 0. The molecule has 0 bridgehead atoms. The largest absolute Gasteiger partial charge is 0.417 e. The molecule has 0 aliphatic heterocycles. The Labute approximate surface area is 97.9 Å². The molecule has 0 spiro atoms. The van der Waals surface area contributed by atoms with Crippen molar-refractivity contribution in [3.63, 3.8) is 0 Å². The molecule has 94 valence electrons. The van der Waals surface area contributed by atoms with E-state index in [0.29, 0.717) is 6.42 Å². The smallest absolute Gasteiger partial charge is 0.294 e. The lowest BCUT2D eigenvalue weighted by Gasteiger charge is -2.11. The van der Waals surface area contributed by atoms with E-state index in [1.807, 2.05) is 13.8 Å². The fourth-order valence-corrected chi connectivity index (χ4v) is 1.42. The van der Waals surface area contributed by atoms with E-state index in [9.17, 15) is 18.0 Å². The number of hydrogen-bond acceptors (Lipinski definition) is 2. The van der Waals surface area contributed by atoms with Crippen LogP contribution >= 0.6 is 0 Å². The third kappa shape index (κ3) is 3.84. The Morgan fingerprint density at radius 3 is 2.59 bits per heavy atom. The van der Waals surface area contributed by atoms with Gasteiger partial charge in [-0.15, -0.1) is 0 Å². The number of aromatic nitrogens is 1. The number of carbonyl (C=O) groups is 1. The third-order valence-electron chi connectivity index (χ3n) is 2.38. The zero-order chi connectivity index (χ0) is 13.1. The highest BCUT2D eigenvalue weighted by Gasteiger charge is 2.34. The Morgan fingerprint density at radius 1 is 1.41 bits per heavy atom. The molecule has 1 rings (SSSR count). The Kier molecular flexibility index (Phi) is 4.26. The van der Waals surface area contributed by atoms with E-state index in [1.165, 1.54) is 0 Å². The van der Waals surface area contributed by atoms with E-state index in [-0.39, 0.29) is 17.9 Å². The molecule has 0 aliphatic carbocycles. The summed E-state index contributed by atoms with van der Waals surface area (Å²) in [4.78, 5) is 15.3. The van der Waals surface area contributed by atoms with Crippen molar-refractivity contribution >= 4 is 5.78 Å². The highest BCUT2D eigenvalue weighted by Crippen LogP contribution is 2.32. The van der Waals surface area contributed by atoms with Crippen LogP contribution in [-0.4, -0.2) is 10.8 Å². The molecule has 0 unspecified atom stereocenters. The number of pyridine rings is 1. The number of alkyl halides is 3. The van der Waals surface area contributed by atoms with Gasteiger partial charge in [0, 0.05) is 24.4 Å². The summed E-state index contributed by atoms with van der Waals surface area (Å²) in [5.74, 6) is -0.218. The number of ketones is 1. The van der Waals surface area contributed by atoms with Crippen molar-refractivity contribution < 1.29 is 18.0 Å². The van der Waals surface area contributed by atoms with Gasteiger partial charge in [-0.05, 0) is 18.4 Å². The van der Waals surface area contributed by atoms with Gasteiger partial charge in [0.05, 0.1) is 5.56 Å². The number of carbonyl (C=O) groups excluding carboxylic acids is 1. The molecular formula is C12H14F3NO. The minimum absolute atomic E-state index is 0.118. The van der Waals surface area contributed by atoms with Gasteiger partial charge in [0.2, 0.25) is 0 Å². The molecule has 0 aromatic carbocycles. The molecule has 5 heteroatoms. The van der Waals surface area contributed by atoms with Crippen LogP contribution in [0.2, 0.25) is 0 Å². The minimum atomic E-state index is -4.51. The van der Waals surface area contributed by atoms with Crippen LogP contribution in [0.15, 0.2) is 18.5 Å². The zero-order valence-corrected chi connectivity index (χ0v) is 9.71. The first kappa shape index (κ1) is 13.7. The predicted molar refractivity (Wildman–Crippen MR) is 57.6 cm³/mol. The van der Waals surface area contributed by atoms with Crippen LogP contribution in [-0.2, 0) is 6.18 Å². The summed E-state index contributed by atoms with van der Waals surface area (Å²) in [6.07, 6.45) is -1.78. The first-order chi connectivity index (χ1) is 7.82. The first-order valence-corrected chi connectivity index (χ1v) is 5.36. The Balaban J connectivity index is 2.94. The van der Waals surface area contributed by atoms with E-state index in [0.717, 1.165) is 18.5 Å². The summed E-state index contributed by atoms with van der Waals surface area (Å²) in [6.45, 7) is 3.84. The van der Waals surface area contributed by atoms with Crippen LogP contribution in [0.4, 0.5) is 13.2 Å². The third-order valence-corrected chi connectivity index (χ3v) is 2.38. The van der Waals surface area contributed by atoms with E-state index < -0.39 is 17.5 Å². The average Bonchev–Trinajstić information content (AvgIpc) is 2.24. The summed E-state index contributed by atoms with van der Waals surface area (Å²) in [5.41, 5.74) is -1.23. The molecule has 0 aliphatic rings. The van der Waals surface area contributed by atoms with Crippen LogP contribution in [0.25, 0.3) is 0 Å². The van der Waals surface area contributed by atoms with E-state index >= 15 is 0 Å². The van der Waals surface area contributed by atoms with Crippen LogP contribution in [0.5, 0.6) is 0 Å². The highest BCUT2D eigenvalue weighted by atomic mass is 19.4. The highest BCUT2D eigenvalue weighted by molar-refractivity contribution is 5.97. The van der Waals surface area contributed by atoms with Crippen molar-refractivity contribution in [3.8, 4) is 0 Å². The van der Waals surface area contributed by atoms with Crippen LogP contribution in [0.3, 0.4) is 0 Å². The molecule has 1 aromatic heterocycles. The molecule has 0 saturated carbocycles. The Morgan fingerprint density at radius 2 is 2.06 bits per heavy atom. The lowest BCUT2D eigenvalue weighted by Crippen LogP contribution is -2.13.